The number of amides is 1. The van der Waals surface area contributed by atoms with Crippen molar-refractivity contribution in [1.82, 2.24) is 19.7 Å². The van der Waals surface area contributed by atoms with E-state index >= 15 is 0 Å². The summed E-state index contributed by atoms with van der Waals surface area (Å²) in [5.74, 6) is 0.0771. The van der Waals surface area contributed by atoms with Crippen molar-refractivity contribution in [3.05, 3.63) is 58.3 Å². The number of hydrogen-bond acceptors (Lipinski definition) is 3. The predicted molar refractivity (Wildman–Crippen MR) is 75.8 cm³/mol. The summed E-state index contributed by atoms with van der Waals surface area (Å²) in [7, 11) is 0. The van der Waals surface area contributed by atoms with E-state index in [2.05, 4.69) is 10.2 Å². The van der Waals surface area contributed by atoms with Gasteiger partial charge in [0.05, 0.1) is 24.1 Å². The van der Waals surface area contributed by atoms with Gasteiger partial charge in [-0.3, -0.25) is 9.89 Å². The van der Waals surface area contributed by atoms with E-state index in [9.17, 15) is 4.79 Å². The van der Waals surface area contributed by atoms with Crippen molar-refractivity contribution in [2.75, 3.05) is 0 Å². The third-order valence-corrected chi connectivity index (χ3v) is 4.42. The minimum Gasteiger partial charge on any atom is -0.328 e. The highest BCUT2D eigenvalue weighted by molar-refractivity contribution is 7.12. The quantitative estimate of drug-likeness (QED) is 0.785. The van der Waals surface area contributed by atoms with Crippen LogP contribution in [0, 0.1) is 0 Å². The average Bonchev–Trinajstić information content (AvgIpc) is 3.19. The van der Waals surface area contributed by atoms with Gasteiger partial charge in [-0.15, -0.1) is 11.3 Å². The molecule has 4 heterocycles. The summed E-state index contributed by atoms with van der Waals surface area (Å²) in [6.45, 7) is 1.24. The maximum atomic E-state index is 12.7. The fraction of sp³-hybridized carbons (Fsp3) is 0.143. The third kappa shape index (κ3) is 1.69. The number of H-pyrrole nitrogens is 1. The zero-order valence-electron chi connectivity index (χ0n) is 10.6. The zero-order chi connectivity index (χ0) is 13.5. The average molecular weight is 284 g/mol. The normalized spacial score (nSPS) is 13.7. The first kappa shape index (κ1) is 11.5. The molecule has 0 radical (unpaired) electrons. The second kappa shape index (κ2) is 4.35. The van der Waals surface area contributed by atoms with Crippen molar-refractivity contribution < 1.29 is 4.79 Å². The van der Waals surface area contributed by atoms with Gasteiger partial charge in [-0.25, -0.2) is 0 Å². The standard InChI is InChI=1S/C14H12N4OS/c19-14(18-8-10-7-15-16-11(10)9-18)13-12(3-6-20-13)17-4-1-2-5-17/h1-7H,8-9H2,(H,15,16). The lowest BCUT2D eigenvalue weighted by atomic mass is 10.3. The largest absolute Gasteiger partial charge is 0.328 e. The van der Waals surface area contributed by atoms with Gasteiger partial charge in [-0.05, 0) is 23.6 Å². The number of rotatable bonds is 2. The fourth-order valence-electron chi connectivity index (χ4n) is 2.51. The molecule has 1 aliphatic heterocycles. The number of carbonyl (C=O) groups excluding carboxylic acids is 1. The van der Waals surface area contributed by atoms with E-state index in [1.165, 1.54) is 11.3 Å². The van der Waals surface area contributed by atoms with Crippen molar-refractivity contribution in [3.63, 3.8) is 0 Å². The minimum absolute atomic E-state index is 0.0771. The lowest BCUT2D eigenvalue weighted by Gasteiger charge is -2.15. The van der Waals surface area contributed by atoms with E-state index in [1.54, 1.807) is 6.20 Å². The van der Waals surface area contributed by atoms with Crippen LogP contribution in [0.1, 0.15) is 20.9 Å². The molecule has 100 valence electrons. The van der Waals surface area contributed by atoms with Crippen LogP contribution in [0.3, 0.4) is 0 Å². The van der Waals surface area contributed by atoms with Gasteiger partial charge in [0, 0.05) is 24.5 Å². The Bertz CT molecular complexity index is 735. The Hall–Kier alpha value is -2.34. The molecule has 0 spiro atoms. The first-order chi connectivity index (χ1) is 9.83. The van der Waals surface area contributed by atoms with Crippen LogP contribution in [0.4, 0.5) is 0 Å². The molecule has 6 heteroatoms. The lowest BCUT2D eigenvalue weighted by molar-refractivity contribution is 0.0754. The van der Waals surface area contributed by atoms with Crippen molar-refractivity contribution >= 4 is 17.2 Å². The molecule has 0 saturated carbocycles. The van der Waals surface area contributed by atoms with Gasteiger partial charge >= 0.3 is 0 Å². The van der Waals surface area contributed by atoms with E-state index in [0.717, 1.165) is 21.8 Å². The molecule has 20 heavy (non-hydrogen) atoms. The first-order valence-corrected chi connectivity index (χ1v) is 7.22. The highest BCUT2D eigenvalue weighted by Gasteiger charge is 2.28. The van der Waals surface area contributed by atoms with Crippen LogP contribution in [0.25, 0.3) is 5.69 Å². The molecular formula is C14H12N4OS. The van der Waals surface area contributed by atoms with Crippen LogP contribution in [-0.2, 0) is 13.1 Å². The molecule has 1 aliphatic rings. The van der Waals surface area contributed by atoms with Gasteiger partial charge < -0.3 is 9.47 Å². The maximum absolute atomic E-state index is 12.7. The van der Waals surface area contributed by atoms with Crippen LogP contribution in [-0.4, -0.2) is 25.6 Å². The Balaban J connectivity index is 1.64. The first-order valence-electron chi connectivity index (χ1n) is 6.34. The van der Waals surface area contributed by atoms with Crippen LogP contribution in [0.5, 0.6) is 0 Å². The molecule has 0 bridgehead atoms. The van der Waals surface area contributed by atoms with Crippen molar-refractivity contribution in [3.8, 4) is 5.69 Å². The van der Waals surface area contributed by atoms with E-state index in [0.29, 0.717) is 13.1 Å². The molecule has 0 aromatic carbocycles. The Kier molecular flexibility index (Phi) is 2.50. The Morgan fingerprint density at radius 2 is 2.15 bits per heavy atom. The molecule has 5 nitrogen and oxygen atoms in total. The van der Waals surface area contributed by atoms with Crippen LogP contribution in [0.15, 0.2) is 42.2 Å². The van der Waals surface area contributed by atoms with Crippen molar-refractivity contribution in [2.45, 2.75) is 13.1 Å². The maximum Gasteiger partial charge on any atom is 0.266 e. The second-order valence-electron chi connectivity index (χ2n) is 4.76. The zero-order valence-corrected chi connectivity index (χ0v) is 11.4. The number of aromatic amines is 1. The Morgan fingerprint density at radius 3 is 2.95 bits per heavy atom. The summed E-state index contributed by atoms with van der Waals surface area (Å²) in [6.07, 6.45) is 5.70. The molecular weight excluding hydrogens is 272 g/mol. The van der Waals surface area contributed by atoms with Gasteiger partial charge in [-0.2, -0.15) is 5.10 Å². The number of aromatic nitrogens is 3. The van der Waals surface area contributed by atoms with E-state index in [-0.39, 0.29) is 5.91 Å². The third-order valence-electron chi connectivity index (χ3n) is 3.53. The highest BCUT2D eigenvalue weighted by atomic mass is 32.1. The van der Waals surface area contributed by atoms with Gasteiger partial charge in [0.15, 0.2) is 0 Å². The number of thiophene rings is 1. The summed E-state index contributed by atoms with van der Waals surface area (Å²) in [5.41, 5.74) is 3.09. The van der Waals surface area contributed by atoms with E-state index < -0.39 is 0 Å². The molecule has 0 saturated heterocycles. The predicted octanol–water partition coefficient (Wildman–Crippen LogP) is 2.42. The van der Waals surface area contributed by atoms with E-state index in [1.807, 2.05) is 45.4 Å². The molecule has 4 rings (SSSR count). The monoisotopic (exact) mass is 284 g/mol. The summed E-state index contributed by atoms with van der Waals surface area (Å²) in [4.78, 5) is 15.3. The fourth-order valence-corrected chi connectivity index (χ4v) is 3.37. The molecule has 0 unspecified atom stereocenters. The highest BCUT2D eigenvalue weighted by Crippen LogP contribution is 2.27. The summed E-state index contributed by atoms with van der Waals surface area (Å²) in [6, 6.07) is 5.89. The SMILES string of the molecule is O=C(c1sccc1-n1cccc1)N1Cc2cn[nH]c2C1. The van der Waals surface area contributed by atoms with Crippen LogP contribution >= 0.6 is 11.3 Å². The number of carbonyl (C=O) groups is 1. The summed E-state index contributed by atoms with van der Waals surface area (Å²) >= 11 is 1.49. The van der Waals surface area contributed by atoms with Crippen LogP contribution < -0.4 is 0 Å². The Morgan fingerprint density at radius 1 is 1.30 bits per heavy atom. The lowest BCUT2D eigenvalue weighted by Crippen LogP contribution is -2.25. The smallest absolute Gasteiger partial charge is 0.266 e. The molecule has 1 amide bonds. The van der Waals surface area contributed by atoms with Gasteiger partial charge in [0.2, 0.25) is 0 Å². The molecule has 0 atom stereocenters. The van der Waals surface area contributed by atoms with Gasteiger partial charge in [-0.1, -0.05) is 0 Å². The Labute approximate surface area is 119 Å². The van der Waals surface area contributed by atoms with Gasteiger partial charge in [0.25, 0.3) is 5.91 Å². The number of hydrogen-bond donors (Lipinski definition) is 1. The summed E-state index contributed by atoms with van der Waals surface area (Å²) < 4.78 is 1.97. The molecule has 1 N–H and O–H groups in total. The topological polar surface area (TPSA) is 53.9 Å². The molecule has 0 aliphatic carbocycles. The number of nitrogens with one attached hydrogen (secondary N) is 1. The number of nitrogens with zero attached hydrogens (tertiary/aromatic N) is 3. The van der Waals surface area contributed by atoms with Crippen molar-refractivity contribution in [1.29, 1.82) is 0 Å². The second-order valence-corrected chi connectivity index (χ2v) is 5.68. The molecule has 3 aromatic rings. The van der Waals surface area contributed by atoms with E-state index in [4.69, 9.17) is 0 Å². The summed E-state index contributed by atoms with van der Waals surface area (Å²) in [5, 5.41) is 8.90. The van der Waals surface area contributed by atoms with Gasteiger partial charge in [0.1, 0.15) is 4.88 Å². The molecule has 3 aromatic heterocycles. The van der Waals surface area contributed by atoms with Crippen LogP contribution in [0.2, 0.25) is 0 Å². The minimum atomic E-state index is 0.0771. The molecule has 0 fully saturated rings. The van der Waals surface area contributed by atoms with Crippen molar-refractivity contribution in [2.24, 2.45) is 0 Å². The number of fused-ring (bicyclic) bond motifs is 1.